The first-order chi connectivity index (χ1) is 8.39. The second kappa shape index (κ2) is 5.37. The van der Waals surface area contributed by atoms with Crippen LogP contribution in [0.5, 0.6) is 0 Å². The molecule has 0 amide bonds. The maximum atomic E-state index is 12.4. The monoisotopic (exact) mass is 264 g/mol. The molecule has 5 heteroatoms. The van der Waals surface area contributed by atoms with Crippen molar-refractivity contribution in [2.24, 2.45) is 5.41 Å². The number of nitrogens with zero attached hydrogens (tertiary/aromatic N) is 1. The minimum Gasteiger partial charge on any atom is -0.313 e. The molecule has 0 saturated heterocycles. The molecule has 2 aliphatic rings. The summed E-state index contributed by atoms with van der Waals surface area (Å²) in [5.74, 6) is 0. The second-order valence-electron chi connectivity index (χ2n) is 6.15. The molecule has 18 heavy (non-hydrogen) atoms. The molecule has 0 aromatic carbocycles. The molecule has 0 unspecified atom stereocenters. The molecular formula is C13H23F3N2. The van der Waals surface area contributed by atoms with Crippen molar-refractivity contribution in [1.82, 2.24) is 10.2 Å². The molecule has 0 aliphatic heterocycles. The molecule has 2 rings (SSSR count). The molecule has 2 fully saturated rings. The SMILES string of the molecule is CN(CC(F)(F)F)CC1(CNC2CC2)CCCC1. The molecule has 0 bridgehead atoms. The topological polar surface area (TPSA) is 15.3 Å². The van der Waals surface area contributed by atoms with Crippen LogP contribution in [0.4, 0.5) is 13.2 Å². The minimum absolute atomic E-state index is 0.0720. The number of hydrogen-bond acceptors (Lipinski definition) is 2. The Balaban J connectivity index is 1.84. The first-order valence-corrected chi connectivity index (χ1v) is 6.87. The Bertz CT molecular complexity index is 268. The molecular weight excluding hydrogens is 241 g/mol. The lowest BCUT2D eigenvalue weighted by molar-refractivity contribution is -0.145. The van der Waals surface area contributed by atoms with Crippen LogP contribution in [0.1, 0.15) is 38.5 Å². The smallest absolute Gasteiger partial charge is 0.313 e. The zero-order valence-electron chi connectivity index (χ0n) is 11.0. The van der Waals surface area contributed by atoms with Crippen molar-refractivity contribution < 1.29 is 13.2 Å². The van der Waals surface area contributed by atoms with E-state index in [1.807, 2.05) is 0 Å². The summed E-state index contributed by atoms with van der Waals surface area (Å²) in [4.78, 5) is 1.44. The van der Waals surface area contributed by atoms with E-state index in [4.69, 9.17) is 0 Å². The second-order valence-corrected chi connectivity index (χ2v) is 6.15. The molecule has 0 aromatic rings. The highest BCUT2D eigenvalue weighted by molar-refractivity contribution is 4.92. The molecule has 0 atom stereocenters. The summed E-state index contributed by atoms with van der Waals surface area (Å²) >= 11 is 0. The first kappa shape index (κ1) is 14.1. The summed E-state index contributed by atoms with van der Waals surface area (Å²) in [6.45, 7) is 0.657. The van der Waals surface area contributed by atoms with Gasteiger partial charge in [-0.1, -0.05) is 12.8 Å². The zero-order valence-corrected chi connectivity index (χ0v) is 11.0. The molecule has 0 radical (unpaired) electrons. The van der Waals surface area contributed by atoms with Crippen LogP contribution < -0.4 is 5.32 Å². The van der Waals surface area contributed by atoms with E-state index in [9.17, 15) is 13.2 Å². The fraction of sp³-hybridized carbons (Fsp3) is 1.00. The van der Waals surface area contributed by atoms with Gasteiger partial charge in [0.15, 0.2) is 0 Å². The standard InChI is InChI=1S/C13H23F3N2/c1-18(10-13(14,15)16)9-12(6-2-3-7-12)8-17-11-4-5-11/h11,17H,2-10H2,1H3. The van der Waals surface area contributed by atoms with Crippen LogP contribution in [-0.4, -0.2) is 43.8 Å². The summed E-state index contributed by atoms with van der Waals surface area (Å²) in [5, 5.41) is 3.50. The van der Waals surface area contributed by atoms with Crippen molar-refractivity contribution in [1.29, 1.82) is 0 Å². The van der Waals surface area contributed by atoms with Crippen molar-refractivity contribution in [3.05, 3.63) is 0 Å². The van der Waals surface area contributed by atoms with E-state index in [2.05, 4.69) is 5.32 Å². The Labute approximate surface area is 107 Å². The normalized spacial score (nSPS) is 23.8. The quantitative estimate of drug-likeness (QED) is 0.793. The van der Waals surface area contributed by atoms with Crippen LogP contribution in [0.15, 0.2) is 0 Å². The van der Waals surface area contributed by atoms with E-state index in [1.165, 1.54) is 17.7 Å². The van der Waals surface area contributed by atoms with Crippen LogP contribution >= 0.6 is 0 Å². The van der Waals surface area contributed by atoms with E-state index in [1.54, 1.807) is 7.05 Å². The lowest BCUT2D eigenvalue weighted by Gasteiger charge is -2.34. The van der Waals surface area contributed by atoms with Gasteiger partial charge in [-0.05, 0) is 38.1 Å². The third-order valence-corrected chi connectivity index (χ3v) is 4.06. The van der Waals surface area contributed by atoms with Crippen molar-refractivity contribution in [2.45, 2.75) is 50.7 Å². The largest absolute Gasteiger partial charge is 0.401 e. The number of halogens is 3. The molecule has 2 aliphatic carbocycles. The van der Waals surface area contributed by atoms with Gasteiger partial charge in [0.1, 0.15) is 0 Å². The Hall–Kier alpha value is -0.290. The summed E-state index contributed by atoms with van der Waals surface area (Å²) in [6, 6.07) is 0.635. The van der Waals surface area contributed by atoms with Crippen molar-refractivity contribution >= 4 is 0 Å². The van der Waals surface area contributed by atoms with E-state index in [0.29, 0.717) is 12.6 Å². The molecule has 0 aromatic heterocycles. The van der Waals surface area contributed by atoms with Crippen LogP contribution in [0.2, 0.25) is 0 Å². The van der Waals surface area contributed by atoms with Gasteiger partial charge < -0.3 is 5.32 Å². The Morgan fingerprint density at radius 3 is 2.33 bits per heavy atom. The van der Waals surface area contributed by atoms with Gasteiger partial charge >= 0.3 is 6.18 Å². The van der Waals surface area contributed by atoms with Gasteiger partial charge in [-0.15, -0.1) is 0 Å². The maximum Gasteiger partial charge on any atom is 0.401 e. The summed E-state index contributed by atoms with van der Waals surface area (Å²) in [7, 11) is 1.59. The Morgan fingerprint density at radius 2 is 1.83 bits per heavy atom. The van der Waals surface area contributed by atoms with E-state index >= 15 is 0 Å². The predicted octanol–water partition coefficient (Wildman–Crippen LogP) is 2.79. The number of rotatable bonds is 6. The van der Waals surface area contributed by atoms with Crippen LogP contribution in [0.25, 0.3) is 0 Å². The third kappa shape index (κ3) is 4.43. The van der Waals surface area contributed by atoms with Gasteiger partial charge in [-0.2, -0.15) is 13.2 Å². The van der Waals surface area contributed by atoms with Gasteiger partial charge in [0.05, 0.1) is 6.54 Å². The fourth-order valence-corrected chi connectivity index (χ4v) is 3.10. The molecule has 1 N–H and O–H groups in total. The van der Waals surface area contributed by atoms with Crippen LogP contribution in [-0.2, 0) is 0 Å². The lowest BCUT2D eigenvalue weighted by Crippen LogP contribution is -2.44. The van der Waals surface area contributed by atoms with Crippen LogP contribution in [0.3, 0.4) is 0 Å². The molecule has 0 spiro atoms. The predicted molar refractivity (Wildman–Crippen MR) is 65.5 cm³/mol. The van der Waals surface area contributed by atoms with Gasteiger partial charge in [0.25, 0.3) is 0 Å². The maximum absolute atomic E-state index is 12.4. The number of nitrogens with one attached hydrogen (secondary N) is 1. The Morgan fingerprint density at radius 1 is 1.22 bits per heavy atom. The number of hydrogen-bond donors (Lipinski definition) is 1. The first-order valence-electron chi connectivity index (χ1n) is 6.87. The van der Waals surface area contributed by atoms with Gasteiger partial charge in [-0.3, -0.25) is 4.90 Å². The van der Waals surface area contributed by atoms with Crippen molar-refractivity contribution in [3.8, 4) is 0 Å². The fourth-order valence-electron chi connectivity index (χ4n) is 3.10. The molecule has 2 nitrogen and oxygen atoms in total. The summed E-state index contributed by atoms with van der Waals surface area (Å²) in [5.41, 5.74) is 0.0720. The number of alkyl halides is 3. The lowest BCUT2D eigenvalue weighted by atomic mass is 9.85. The molecule has 2 saturated carbocycles. The average molecular weight is 264 g/mol. The average Bonchev–Trinajstić information content (AvgIpc) is 2.95. The van der Waals surface area contributed by atoms with E-state index in [-0.39, 0.29) is 5.41 Å². The van der Waals surface area contributed by atoms with E-state index < -0.39 is 12.7 Å². The highest BCUT2D eigenvalue weighted by Gasteiger charge is 2.38. The summed E-state index contributed by atoms with van der Waals surface area (Å²) < 4.78 is 37.1. The van der Waals surface area contributed by atoms with Crippen molar-refractivity contribution in [3.63, 3.8) is 0 Å². The summed E-state index contributed by atoms with van der Waals surface area (Å²) in [6.07, 6.45) is 2.82. The van der Waals surface area contributed by atoms with Crippen molar-refractivity contribution in [2.75, 3.05) is 26.7 Å². The highest BCUT2D eigenvalue weighted by atomic mass is 19.4. The Kier molecular flexibility index (Phi) is 4.22. The zero-order chi connectivity index (χ0) is 13.2. The molecule has 0 heterocycles. The van der Waals surface area contributed by atoms with Crippen LogP contribution in [0, 0.1) is 5.41 Å². The minimum atomic E-state index is -4.08. The highest BCUT2D eigenvalue weighted by Crippen LogP contribution is 2.39. The third-order valence-electron chi connectivity index (χ3n) is 4.06. The van der Waals surface area contributed by atoms with E-state index in [0.717, 1.165) is 32.2 Å². The van der Waals surface area contributed by atoms with Gasteiger partial charge in [0, 0.05) is 19.1 Å². The van der Waals surface area contributed by atoms with Gasteiger partial charge in [-0.25, -0.2) is 0 Å². The molecule has 106 valence electrons. The van der Waals surface area contributed by atoms with Gasteiger partial charge in [0.2, 0.25) is 0 Å².